The fourth-order valence-electron chi connectivity index (χ4n) is 2.25. The minimum absolute atomic E-state index is 0.345. The van der Waals surface area contributed by atoms with Crippen molar-refractivity contribution in [3.63, 3.8) is 0 Å². The van der Waals surface area contributed by atoms with E-state index in [1.807, 2.05) is 24.3 Å². The number of aryl methyl sites for hydroxylation is 1. The molecule has 0 N–H and O–H groups in total. The van der Waals surface area contributed by atoms with E-state index in [1.54, 1.807) is 12.1 Å². The minimum atomic E-state index is -0.554. The number of benzene rings is 2. The molecular weight excluding hydrogens is 275 g/mol. The van der Waals surface area contributed by atoms with Crippen LogP contribution in [0.15, 0.2) is 42.5 Å². The van der Waals surface area contributed by atoms with Crippen LogP contribution in [0.5, 0.6) is 5.75 Å². The molecule has 3 heteroatoms. The Kier molecular flexibility index (Phi) is 5.02. The van der Waals surface area contributed by atoms with Crippen LogP contribution in [0, 0.1) is 5.82 Å². The Hall–Kier alpha value is -1.54. The van der Waals surface area contributed by atoms with E-state index < -0.39 is 5.38 Å². The fraction of sp³-hybridized carbons (Fsp3) is 0.294. The molecule has 2 aromatic carbocycles. The molecule has 0 heterocycles. The molecule has 1 unspecified atom stereocenters. The third kappa shape index (κ3) is 3.13. The average Bonchev–Trinajstić information content (AvgIpc) is 2.47. The smallest absolute Gasteiger partial charge is 0.131 e. The zero-order chi connectivity index (χ0) is 14.5. The summed E-state index contributed by atoms with van der Waals surface area (Å²) in [4.78, 5) is 0. The van der Waals surface area contributed by atoms with Crippen LogP contribution in [-0.2, 0) is 6.42 Å². The molecule has 0 saturated carbocycles. The number of alkyl halides is 1. The molecule has 1 nitrogen and oxygen atoms in total. The van der Waals surface area contributed by atoms with Crippen LogP contribution in [0.4, 0.5) is 4.39 Å². The van der Waals surface area contributed by atoms with Crippen molar-refractivity contribution in [2.75, 3.05) is 7.11 Å². The summed E-state index contributed by atoms with van der Waals surface area (Å²) in [5.41, 5.74) is 2.52. The predicted octanol–water partition coefficient (Wildman–Crippen LogP) is 5.12. The van der Waals surface area contributed by atoms with Gasteiger partial charge in [-0.25, -0.2) is 4.39 Å². The molecular formula is C17H18ClFO. The zero-order valence-electron chi connectivity index (χ0n) is 11.7. The van der Waals surface area contributed by atoms with Gasteiger partial charge >= 0.3 is 0 Å². The monoisotopic (exact) mass is 292 g/mol. The van der Waals surface area contributed by atoms with Crippen molar-refractivity contribution in [3.8, 4) is 5.75 Å². The predicted molar refractivity (Wildman–Crippen MR) is 81.1 cm³/mol. The number of hydrogen-bond acceptors (Lipinski definition) is 1. The van der Waals surface area contributed by atoms with E-state index in [9.17, 15) is 4.39 Å². The largest absolute Gasteiger partial charge is 0.496 e. The summed E-state index contributed by atoms with van der Waals surface area (Å²) >= 11 is 6.43. The molecule has 0 amide bonds. The highest BCUT2D eigenvalue weighted by Crippen LogP contribution is 2.36. The van der Waals surface area contributed by atoms with Gasteiger partial charge in [0.2, 0.25) is 0 Å². The first-order valence-corrected chi connectivity index (χ1v) is 7.16. The highest BCUT2D eigenvalue weighted by atomic mass is 35.5. The summed E-state index contributed by atoms with van der Waals surface area (Å²) in [6, 6.07) is 12.7. The number of methoxy groups -OCH3 is 1. The van der Waals surface area contributed by atoms with Crippen molar-refractivity contribution >= 4 is 11.6 Å². The number of hydrogen-bond donors (Lipinski definition) is 0. The number of rotatable bonds is 5. The maximum Gasteiger partial charge on any atom is 0.131 e. The lowest BCUT2D eigenvalue weighted by Gasteiger charge is -2.15. The maximum atomic E-state index is 14.0. The third-order valence-electron chi connectivity index (χ3n) is 3.30. The Bertz CT molecular complexity index is 566. The minimum Gasteiger partial charge on any atom is -0.496 e. The molecule has 0 bridgehead atoms. The van der Waals surface area contributed by atoms with E-state index in [0.29, 0.717) is 11.3 Å². The quantitative estimate of drug-likeness (QED) is 0.695. The van der Waals surface area contributed by atoms with Gasteiger partial charge in [0.15, 0.2) is 0 Å². The lowest BCUT2D eigenvalue weighted by Crippen LogP contribution is -2.01. The Labute approximate surface area is 124 Å². The van der Waals surface area contributed by atoms with Crippen molar-refractivity contribution in [2.45, 2.75) is 25.1 Å². The van der Waals surface area contributed by atoms with E-state index in [4.69, 9.17) is 16.3 Å². The summed E-state index contributed by atoms with van der Waals surface area (Å²) in [5, 5.41) is -0.554. The number of halogens is 2. The Morgan fingerprint density at radius 3 is 2.45 bits per heavy atom. The third-order valence-corrected chi connectivity index (χ3v) is 3.77. The van der Waals surface area contributed by atoms with E-state index in [1.165, 1.54) is 18.7 Å². The van der Waals surface area contributed by atoms with Gasteiger partial charge in [0.25, 0.3) is 0 Å². The van der Waals surface area contributed by atoms with Gasteiger partial charge in [-0.05, 0) is 29.7 Å². The van der Waals surface area contributed by atoms with Gasteiger partial charge in [-0.1, -0.05) is 43.7 Å². The molecule has 106 valence electrons. The second-order valence-corrected chi connectivity index (χ2v) is 5.15. The summed E-state index contributed by atoms with van der Waals surface area (Å²) in [5.74, 6) is 0.129. The standard InChI is InChI=1S/C17H18ClFO/c1-3-5-12-8-10-13(11-9-12)17(18)16-14(19)6-4-7-15(16)20-2/h4,6-11,17H,3,5H2,1-2H3. The molecule has 0 aliphatic rings. The second-order valence-electron chi connectivity index (χ2n) is 4.71. The van der Waals surface area contributed by atoms with Crippen LogP contribution < -0.4 is 4.74 Å². The van der Waals surface area contributed by atoms with Crippen LogP contribution in [0.2, 0.25) is 0 Å². The van der Waals surface area contributed by atoms with Gasteiger partial charge in [0.05, 0.1) is 18.1 Å². The van der Waals surface area contributed by atoms with Gasteiger partial charge < -0.3 is 4.74 Å². The second kappa shape index (κ2) is 6.76. The fourth-order valence-corrected chi connectivity index (χ4v) is 2.61. The van der Waals surface area contributed by atoms with E-state index >= 15 is 0 Å². The van der Waals surface area contributed by atoms with Crippen molar-refractivity contribution in [3.05, 3.63) is 65.0 Å². The van der Waals surface area contributed by atoms with Gasteiger partial charge in [-0.2, -0.15) is 0 Å². The molecule has 2 rings (SSSR count). The van der Waals surface area contributed by atoms with Crippen LogP contribution in [-0.4, -0.2) is 7.11 Å². The van der Waals surface area contributed by atoms with Crippen LogP contribution in [0.25, 0.3) is 0 Å². The average molecular weight is 293 g/mol. The Morgan fingerprint density at radius 2 is 1.85 bits per heavy atom. The van der Waals surface area contributed by atoms with Gasteiger partial charge in [-0.3, -0.25) is 0 Å². The first-order chi connectivity index (χ1) is 9.67. The molecule has 20 heavy (non-hydrogen) atoms. The molecule has 0 fully saturated rings. The van der Waals surface area contributed by atoms with Crippen molar-refractivity contribution < 1.29 is 9.13 Å². The molecule has 2 aromatic rings. The molecule has 0 aliphatic carbocycles. The lowest BCUT2D eigenvalue weighted by molar-refractivity contribution is 0.405. The van der Waals surface area contributed by atoms with Gasteiger partial charge in [-0.15, -0.1) is 11.6 Å². The summed E-state index contributed by atoms with van der Waals surface area (Å²) < 4.78 is 19.2. The molecule has 0 aliphatic heterocycles. The molecule has 0 radical (unpaired) electrons. The van der Waals surface area contributed by atoms with Crippen LogP contribution >= 0.6 is 11.6 Å². The van der Waals surface area contributed by atoms with Gasteiger partial charge in [0.1, 0.15) is 11.6 Å². The first-order valence-electron chi connectivity index (χ1n) is 6.72. The molecule has 0 saturated heterocycles. The lowest BCUT2D eigenvalue weighted by atomic mass is 10.0. The SMILES string of the molecule is CCCc1ccc(C(Cl)c2c(F)cccc2OC)cc1. The Morgan fingerprint density at radius 1 is 1.15 bits per heavy atom. The van der Waals surface area contributed by atoms with Crippen LogP contribution in [0.3, 0.4) is 0 Å². The normalized spacial score (nSPS) is 12.2. The summed E-state index contributed by atoms with van der Waals surface area (Å²) in [7, 11) is 1.52. The van der Waals surface area contributed by atoms with E-state index in [2.05, 4.69) is 6.92 Å². The Balaban J connectivity index is 2.33. The highest BCUT2D eigenvalue weighted by Gasteiger charge is 2.19. The van der Waals surface area contributed by atoms with Gasteiger partial charge in [0, 0.05) is 0 Å². The maximum absolute atomic E-state index is 14.0. The van der Waals surface area contributed by atoms with E-state index in [-0.39, 0.29) is 5.82 Å². The highest BCUT2D eigenvalue weighted by molar-refractivity contribution is 6.22. The van der Waals surface area contributed by atoms with Crippen molar-refractivity contribution in [1.82, 2.24) is 0 Å². The molecule has 0 aromatic heterocycles. The van der Waals surface area contributed by atoms with Crippen molar-refractivity contribution in [1.29, 1.82) is 0 Å². The summed E-state index contributed by atoms with van der Waals surface area (Å²) in [6.07, 6.45) is 2.14. The van der Waals surface area contributed by atoms with Crippen LogP contribution in [0.1, 0.15) is 35.4 Å². The van der Waals surface area contributed by atoms with Crippen molar-refractivity contribution in [2.24, 2.45) is 0 Å². The molecule has 1 atom stereocenters. The molecule has 0 spiro atoms. The first kappa shape index (κ1) is 14.9. The zero-order valence-corrected chi connectivity index (χ0v) is 12.5. The topological polar surface area (TPSA) is 9.23 Å². The number of ether oxygens (including phenoxy) is 1. The van der Waals surface area contributed by atoms with E-state index in [0.717, 1.165) is 18.4 Å². The summed E-state index contributed by atoms with van der Waals surface area (Å²) in [6.45, 7) is 2.14.